The molecule has 21 heavy (non-hydrogen) atoms. The summed E-state index contributed by atoms with van der Waals surface area (Å²) in [5, 5.41) is 2.99. The molecular formula is C16H18N4O. The summed E-state index contributed by atoms with van der Waals surface area (Å²) in [7, 11) is 0. The first-order chi connectivity index (χ1) is 10.3. The van der Waals surface area contributed by atoms with Crippen molar-refractivity contribution in [2.24, 2.45) is 10.7 Å². The highest BCUT2D eigenvalue weighted by molar-refractivity contribution is 5.91. The maximum Gasteiger partial charge on any atom is 0.194 e. The van der Waals surface area contributed by atoms with Crippen LogP contribution in [0.4, 0.5) is 5.82 Å². The first kappa shape index (κ1) is 13.4. The molecule has 5 nitrogen and oxygen atoms in total. The predicted molar refractivity (Wildman–Crippen MR) is 83.6 cm³/mol. The summed E-state index contributed by atoms with van der Waals surface area (Å²) in [5.74, 6) is 2.39. The molecule has 0 fully saturated rings. The second kappa shape index (κ2) is 6.26. The minimum absolute atomic E-state index is 0.346. The van der Waals surface area contributed by atoms with Gasteiger partial charge in [0.2, 0.25) is 0 Å². The van der Waals surface area contributed by atoms with E-state index < -0.39 is 0 Å². The van der Waals surface area contributed by atoms with Crippen LogP contribution in [-0.4, -0.2) is 24.1 Å². The predicted octanol–water partition coefficient (Wildman–Crippen LogP) is 2.37. The number of nitrogens with one attached hydrogen (secondary N) is 1. The number of nitrogens with two attached hydrogens (primary N) is 1. The Morgan fingerprint density at radius 2 is 2.14 bits per heavy atom. The first-order valence-electron chi connectivity index (χ1n) is 7.02. The minimum atomic E-state index is 0.346. The zero-order valence-electron chi connectivity index (χ0n) is 11.7. The van der Waals surface area contributed by atoms with Gasteiger partial charge in [-0.25, -0.2) is 4.98 Å². The highest BCUT2D eigenvalue weighted by atomic mass is 16.5. The van der Waals surface area contributed by atoms with E-state index >= 15 is 0 Å². The van der Waals surface area contributed by atoms with Crippen LogP contribution in [0.25, 0.3) is 0 Å². The Balaban J connectivity index is 1.66. The third-order valence-electron chi connectivity index (χ3n) is 3.49. The van der Waals surface area contributed by atoms with Crippen LogP contribution in [0.1, 0.15) is 17.9 Å². The number of benzene rings is 1. The summed E-state index contributed by atoms with van der Waals surface area (Å²) in [5.41, 5.74) is 7.12. The van der Waals surface area contributed by atoms with Gasteiger partial charge >= 0.3 is 0 Å². The Kier molecular flexibility index (Phi) is 4.00. The van der Waals surface area contributed by atoms with Crippen molar-refractivity contribution in [1.29, 1.82) is 0 Å². The molecule has 0 aliphatic carbocycles. The largest absolute Gasteiger partial charge is 0.493 e. The van der Waals surface area contributed by atoms with Gasteiger partial charge in [0, 0.05) is 18.7 Å². The fraction of sp³-hybridized carbons (Fsp3) is 0.250. The van der Waals surface area contributed by atoms with Crippen LogP contribution in [0.5, 0.6) is 5.75 Å². The van der Waals surface area contributed by atoms with E-state index in [1.807, 2.05) is 36.4 Å². The number of fused-ring (bicyclic) bond motifs is 1. The maximum absolute atomic E-state index is 5.91. The molecule has 0 radical (unpaired) electrons. The SMILES string of the molecule is NC(=NCC1CCOc2ccccc21)Nc1ccccn1. The van der Waals surface area contributed by atoms with Crippen molar-refractivity contribution in [2.45, 2.75) is 12.3 Å². The molecule has 1 atom stereocenters. The Morgan fingerprint density at radius 1 is 1.29 bits per heavy atom. The number of aromatic nitrogens is 1. The van der Waals surface area contributed by atoms with Crippen LogP contribution in [-0.2, 0) is 0 Å². The number of para-hydroxylation sites is 1. The van der Waals surface area contributed by atoms with E-state index in [1.54, 1.807) is 6.20 Å². The molecule has 108 valence electrons. The highest BCUT2D eigenvalue weighted by Gasteiger charge is 2.20. The summed E-state index contributed by atoms with van der Waals surface area (Å²) >= 11 is 0. The fourth-order valence-electron chi connectivity index (χ4n) is 2.42. The van der Waals surface area contributed by atoms with E-state index in [4.69, 9.17) is 10.5 Å². The molecule has 1 aliphatic rings. The molecule has 0 amide bonds. The van der Waals surface area contributed by atoms with Crippen LogP contribution in [0.15, 0.2) is 53.7 Å². The molecule has 0 spiro atoms. The number of aliphatic imine (C=N–C) groups is 1. The molecule has 1 aliphatic heterocycles. The lowest BCUT2D eigenvalue weighted by molar-refractivity contribution is 0.269. The van der Waals surface area contributed by atoms with Crippen molar-refractivity contribution in [3.05, 3.63) is 54.2 Å². The molecule has 2 aromatic rings. The van der Waals surface area contributed by atoms with Crippen LogP contribution in [0.2, 0.25) is 0 Å². The molecule has 0 saturated heterocycles. The first-order valence-corrected chi connectivity index (χ1v) is 7.02. The normalized spacial score (nSPS) is 17.7. The zero-order valence-corrected chi connectivity index (χ0v) is 11.7. The quantitative estimate of drug-likeness (QED) is 0.669. The number of nitrogens with zero attached hydrogens (tertiary/aromatic N) is 2. The van der Waals surface area contributed by atoms with Gasteiger partial charge in [-0.3, -0.25) is 4.99 Å². The lowest BCUT2D eigenvalue weighted by Gasteiger charge is -2.24. The van der Waals surface area contributed by atoms with Crippen LogP contribution in [0, 0.1) is 0 Å². The monoisotopic (exact) mass is 282 g/mol. The molecule has 3 rings (SSSR count). The number of hydrogen-bond donors (Lipinski definition) is 2. The maximum atomic E-state index is 5.91. The fourth-order valence-corrected chi connectivity index (χ4v) is 2.42. The number of guanidine groups is 1. The van der Waals surface area contributed by atoms with Gasteiger partial charge in [-0.1, -0.05) is 24.3 Å². The van der Waals surface area contributed by atoms with Crippen molar-refractivity contribution < 1.29 is 4.74 Å². The van der Waals surface area contributed by atoms with Gasteiger partial charge in [-0.05, 0) is 30.2 Å². The molecule has 3 N–H and O–H groups in total. The third-order valence-corrected chi connectivity index (χ3v) is 3.49. The molecular weight excluding hydrogens is 264 g/mol. The molecule has 1 unspecified atom stereocenters. The van der Waals surface area contributed by atoms with Gasteiger partial charge in [0.1, 0.15) is 11.6 Å². The standard InChI is InChI=1S/C16H18N4O/c17-16(20-15-7-3-4-9-18-15)19-11-12-8-10-21-14-6-2-1-5-13(12)14/h1-7,9,12H,8,10-11H2,(H3,17,18,19,20). The topological polar surface area (TPSA) is 72.5 Å². The second-order valence-corrected chi connectivity index (χ2v) is 4.94. The molecule has 5 heteroatoms. The van der Waals surface area contributed by atoms with E-state index in [-0.39, 0.29) is 0 Å². The zero-order chi connectivity index (χ0) is 14.5. The molecule has 1 aromatic heterocycles. The van der Waals surface area contributed by atoms with E-state index in [0.717, 1.165) is 18.8 Å². The summed E-state index contributed by atoms with van der Waals surface area (Å²) in [6, 6.07) is 13.7. The average molecular weight is 282 g/mol. The van der Waals surface area contributed by atoms with Crippen molar-refractivity contribution in [2.75, 3.05) is 18.5 Å². The molecule has 1 aromatic carbocycles. The number of hydrogen-bond acceptors (Lipinski definition) is 3. The van der Waals surface area contributed by atoms with E-state index in [1.165, 1.54) is 5.56 Å². The van der Waals surface area contributed by atoms with Crippen molar-refractivity contribution >= 4 is 11.8 Å². The number of anilines is 1. The number of rotatable bonds is 3. The van der Waals surface area contributed by atoms with Gasteiger partial charge in [0.05, 0.1) is 6.61 Å². The average Bonchev–Trinajstić information content (AvgIpc) is 2.54. The van der Waals surface area contributed by atoms with Crippen molar-refractivity contribution in [1.82, 2.24) is 4.98 Å². The minimum Gasteiger partial charge on any atom is -0.493 e. The number of ether oxygens (including phenoxy) is 1. The number of pyridine rings is 1. The smallest absolute Gasteiger partial charge is 0.194 e. The van der Waals surface area contributed by atoms with Gasteiger partial charge in [-0.15, -0.1) is 0 Å². The van der Waals surface area contributed by atoms with Crippen LogP contribution in [0.3, 0.4) is 0 Å². The van der Waals surface area contributed by atoms with Crippen LogP contribution < -0.4 is 15.8 Å². The summed E-state index contributed by atoms with van der Waals surface area (Å²) in [6.45, 7) is 1.37. The lowest BCUT2D eigenvalue weighted by atomic mass is 9.93. The molecule has 2 heterocycles. The van der Waals surface area contributed by atoms with Crippen LogP contribution >= 0.6 is 0 Å². The van der Waals surface area contributed by atoms with Gasteiger partial charge in [0.15, 0.2) is 5.96 Å². The van der Waals surface area contributed by atoms with Gasteiger partial charge in [0.25, 0.3) is 0 Å². The molecule has 0 bridgehead atoms. The van der Waals surface area contributed by atoms with Crippen molar-refractivity contribution in [3.8, 4) is 5.75 Å². The Bertz CT molecular complexity index is 627. The van der Waals surface area contributed by atoms with E-state index in [2.05, 4.69) is 21.4 Å². The van der Waals surface area contributed by atoms with Crippen molar-refractivity contribution in [3.63, 3.8) is 0 Å². The Hall–Kier alpha value is -2.56. The highest BCUT2D eigenvalue weighted by Crippen LogP contribution is 2.33. The second-order valence-electron chi connectivity index (χ2n) is 4.94. The molecule has 0 saturated carbocycles. The van der Waals surface area contributed by atoms with Gasteiger partial charge in [-0.2, -0.15) is 0 Å². The summed E-state index contributed by atoms with van der Waals surface area (Å²) in [4.78, 5) is 8.59. The Labute approximate surface area is 123 Å². The lowest BCUT2D eigenvalue weighted by Crippen LogP contribution is -2.25. The Morgan fingerprint density at radius 3 is 3.00 bits per heavy atom. The van der Waals surface area contributed by atoms with E-state index in [0.29, 0.717) is 24.2 Å². The summed E-state index contributed by atoms with van der Waals surface area (Å²) in [6.07, 6.45) is 2.67. The van der Waals surface area contributed by atoms with Gasteiger partial charge < -0.3 is 15.8 Å². The van der Waals surface area contributed by atoms with E-state index in [9.17, 15) is 0 Å². The third kappa shape index (κ3) is 3.31. The summed E-state index contributed by atoms with van der Waals surface area (Å²) < 4.78 is 5.65.